The molecule has 0 unspecified atom stereocenters. The van der Waals surface area contributed by atoms with Crippen LogP contribution in [0, 0.1) is 0 Å². The Hall–Kier alpha value is 0.250. The second-order valence-electron chi connectivity index (χ2n) is 2.66. The Labute approximate surface area is 63.2 Å². The highest BCUT2D eigenvalue weighted by Crippen LogP contribution is 2.00. The zero-order valence-corrected chi connectivity index (χ0v) is 7.41. The molecular formula is C7H17ClN+. The first-order valence-corrected chi connectivity index (χ1v) is 4.11. The standard InChI is InChI=1S/C7H17ClN/c1-4-9(3,5-2)7-6-8/h4-7H2,1-3H3/q+1. The van der Waals surface area contributed by atoms with Crippen molar-refractivity contribution in [3.63, 3.8) is 0 Å². The average molecular weight is 151 g/mol. The summed E-state index contributed by atoms with van der Waals surface area (Å²) in [5.74, 6) is 0.776. The minimum Gasteiger partial charge on any atom is -0.326 e. The quantitative estimate of drug-likeness (QED) is 0.423. The topological polar surface area (TPSA) is 0 Å². The Morgan fingerprint density at radius 1 is 1.22 bits per heavy atom. The molecule has 0 amide bonds. The van der Waals surface area contributed by atoms with E-state index in [2.05, 4.69) is 20.9 Å². The first kappa shape index (κ1) is 9.25. The van der Waals surface area contributed by atoms with Crippen molar-refractivity contribution >= 4 is 11.6 Å². The zero-order valence-electron chi connectivity index (χ0n) is 6.65. The van der Waals surface area contributed by atoms with Gasteiger partial charge in [0.15, 0.2) is 0 Å². The molecule has 0 saturated heterocycles. The van der Waals surface area contributed by atoms with Crippen LogP contribution in [0.15, 0.2) is 0 Å². The number of nitrogens with zero attached hydrogens (tertiary/aromatic N) is 1. The van der Waals surface area contributed by atoms with Gasteiger partial charge in [-0.05, 0) is 13.8 Å². The van der Waals surface area contributed by atoms with Gasteiger partial charge in [-0.3, -0.25) is 0 Å². The molecule has 2 heteroatoms. The van der Waals surface area contributed by atoms with Crippen LogP contribution in [-0.2, 0) is 0 Å². The van der Waals surface area contributed by atoms with E-state index in [1.165, 1.54) is 13.1 Å². The molecule has 0 rings (SSSR count). The minimum atomic E-state index is 0.776. The average Bonchev–Trinajstić information content (AvgIpc) is 1.89. The third-order valence-electron chi connectivity index (χ3n) is 2.15. The molecule has 0 heterocycles. The SMILES string of the molecule is CC[N+](C)(CC)CCCl. The van der Waals surface area contributed by atoms with Crippen molar-refractivity contribution in [2.75, 3.05) is 32.6 Å². The fourth-order valence-electron chi connectivity index (χ4n) is 0.744. The lowest BCUT2D eigenvalue weighted by Crippen LogP contribution is -2.44. The highest BCUT2D eigenvalue weighted by atomic mass is 35.5. The van der Waals surface area contributed by atoms with E-state index in [0.29, 0.717) is 0 Å². The van der Waals surface area contributed by atoms with Gasteiger partial charge >= 0.3 is 0 Å². The lowest BCUT2D eigenvalue weighted by atomic mass is 10.4. The molecule has 0 aromatic heterocycles. The van der Waals surface area contributed by atoms with Gasteiger partial charge in [0.1, 0.15) is 0 Å². The molecule has 0 radical (unpaired) electrons. The number of hydrogen-bond donors (Lipinski definition) is 0. The smallest absolute Gasteiger partial charge is 0.0922 e. The van der Waals surface area contributed by atoms with Gasteiger partial charge in [-0.1, -0.05) is 0 Å². The Balaban J connectivity index is 3.62. The number of halogens is 1. The van der Waals surface area contributed by atoms with Crippen molar-refractivity contribution in [3.05, 3.63) is 0 Å². The summed E-state index contributed by atoms with van der Waals surface area (Å²) >= 11 is 5.63. The summed E-state index contributed by atoms with van der Waals surface area (Å²) in [6, 6.07) is 0. The lowest BCUT2D eigenvalue weighted by Gasteiger charge is -2.31. The second-order valence-corrected chi connectivity index (χ2v) is 3.04. The van der Waals surface area contributed by atoms with Gasteiger partial charge in [0, 0.05) is 0 Å². The molecule has 1 nitrogen and oxygen atoms in total. The van der Waals surface area contributed by atoms with Gasteiger partial charge in [0.2, 0.25) is 0 Å². The highest BCUT2D eigenvalue weighted by molar-refractivity contribution is 6.17. The van der Waals surface area contributed by atoms with Crippen LogP contribution < -0.4 is 0 Å². The van der Waals surface area contributed by atoms with Crippen LogP contribution in [-0.4, -0.2) is 37.0 Å². The first-order valence-electron chi connectivity index (χ1n) is 3.58. The van der Waals surface area contributed by atoms with E-state index in [1.54, 1.807) is 0 Å². The Kier molecular flexibility index (Phi) is 4.24. The first-order chi connectivity index (χ1) is 4.18. The number of alkyl halides is 1. The molecule has 0 N–H and O–H groups in total. The lowest BCUT2D eigenvalue weighted by molar-refractivity contribution is -0.903. The molecule has 0 aliphatic heterocycles. The van der Waals surface area contributed by atoms with Crippen molar-refractivity contribution in [2.45, 2.75) is 13.8 Å². The van der Waals surface area contributed by atoms with Gasteiger partial charge in [0.05, 0.1) is 32.6 Å². The van der Waals surface area contributed by atoms with Crippen LogP contribution in [0.25, 0.3) is 0 Å². The third kappa shape index (κ3) is 3.07. The van der Waals surface area contributed by atoms with E-state index in [0.717, 1.165) is 16.9 Å². The van der Waals surface area contributed by atoms with Crippen LogP contribution in [0.3, 0.4) is 0 Å². The Morgan fingerprint density at radius 3 is 1.78 bits per heavy atom. The molecule has 0 fully saturated rings. The minimum absolute atomic E-state index is 0.776. The normalized spacial score (nSPS) is 12.0. The summed E-state index contributed by atoms with van der Waals surface area (Å²) in [5, 5.41) is 0. The summed E-state index contributed by atoms with van der Waals surface area (Å²) in [6.07, 6.45) is 0. The van der Waals surface area contributed by atoms with Gasteiger partial charge in [-0.25, -0.2) is 0 Å². The molecule has 0 atom stereocenters. The van der Waals surface area contributed by atoms with Gasteiger partial charge in [-0.2, -0.15) is 0 Å². The predicted octanol–water partition coefficient (Wildman–Crippen LogP) is 1.71. The predicted molar refractivity (Wildman–Crippen MR) is 42.9 cm³/mol. The number of hydrogen-bond acceptors (Lipinski definition) is 0. The molecular weight excluding hydrogens is 134 g/mol. The summed E-state index contributed by atoms with van der Waals surface area (Å²) in [5.41, 5.74) is 0. The van der Waals surface area contributed by atoms with E-state index in [1.807, 2.05) is 0 Å². The zero-order chi connectivity index (χ0) is 7.33. The number of rotatable bonds is 4. The highest BCUT2D eigenvalue weighted by Gasteiger charge is 2.13. The van der Waals surface area contributed by atoms with Crippen molar-refractivity contribution in [1.29, 1.82) is 0 Å². The monoisotopic (exact) mass is 150 g/mol. The molecule has 56 valence electrons. The summed E-state index contributed by atoms with van der Waals surface area (Å²) in [7, 11) is 2.24. The molecule has 0 aromatic rings. The van der Waals surface area contributed by atoms with E-state index in [4.69, 9.17) is 11.6 Å². The maximum absolute atomic E-state index is 5.63. The molecule has 0 spiro atoms. The molecule has 0 saturated carbocycles. The molecule has 0 aromatic carbocycles. The maximum Gasteiger partial charge on any atom is 0.0922 e. The van der Waals surface area contributed by atoms with E-state index in [-0.39, 0.29) is 0 Å². The molecule has 9 heavy (non-hydrogen) atoms. The summed E-state index contributed by atoms with van der Waals surface area (Å²) in [6.45, 7) is 7.87. The largest absolute Gasteiger partial charge is 0.326 e. The van der Waals surface area contributed by atoms with E-state index >= 15 is 0 Å². The van der Waals surface area contributed by atoms with Crippen LogP contribution in [0.1, 0.15) is 13.8 Å². The third-order valence-corrected chi connectivity index (χ3v) is 2.32. The number of quaternary nitrogens is 1. The molecule has 0 aliphatic carbocycles. The van der Waals surface area contributed by atoms with E-state index in [9.17, 15) is 0 Å². The van der Waals surface area contributed by atoms with Crippen LogP contribution in [0.4, 0.5) is 0 Å². The van der Waals surface area contributed by atoms with Crippen LogP contribution in [0.5, 0.6) is 0 Å². The van der Waals surface area contributed by atoms with Crippen molar-refractivity contribution in [2.24, 2.45) is 0 Å². The van der Waals surface area contributed by atoms with Crippen molar-refractivity contribution in [3.8, 4) is 0 Å². The van der Waals surface area contributed by atoms with Crippen LogP contribution in [0.2, 0.25) is 0 Å². The summed E-state index contributed by atoms with van der Waals surface area (Å²) in [4.78, 5) is 0. The Bertz CT molecular complexity index is 69.3. The van der Waals surface area contributed by atoms with Crippen LogP contribution >= 0.6 is 11.6 Å². The second kappa shape index (κ2) is 4.13. The van der Waals surface area contributed by atoms with Gasteiger partial charge in [-0.15, -0.1) is 11.6 Å². The fraction of sp³-hybridized carbons (Fsp3) is 1.00. The van der Waals surface area contributed by atoms with E-state index < -0.39 is 0 Å². The van der Waals surface area contributed by atoms with Crippen molar-refractivity contribution in [1.82, 2.24) is 0 Å². The maximum atomic E-state index is 5.63. The van der Waals surface area contributed by atoms with Gasteiger partial charge < -0.3 is 4.48 Å². The van der Waals surface area contributed by atoms with Gasteiger partial charge in [0.25, 0.3) is 0 Å². The molecule has 0 bridgehead atoms. The molecule has 0 aliphatic rings. The Morgan fingerprint density at radius 2 is 1.67 bits per heavy atom. The van der Waals surface area contributed by atoms with Crippen molar-refractivity contribution < 1.29 is 4.48 Å². The summed E-state index contributed by atoms with van der Waals surface area (Å²) < 4.78 is 1.10. The fourth-order valence-corrected chi connectivity index (χ4v) is 1.15.